The standard InChI is InChI=1S/C12H10F3N3OS/c1-6-3-4-7(13)5-8(6)18(2)12(19)10-9(11(14)15)16-17-20-10/h3-5,11H,1-2H3. The molecule has 4 nitrogen and oxygen atoms in total. The van der Waals surface area contributed by atoms with Crippen LogP contribution in [-0.4, -0.2) is 22.5 Å². The fourth-order valence-corrected chi connectivity index (χ4v) is 2.34. The Morgan fingerprint density at radius 1 is 1.40 bits per heavy atom. The van der Waals surface area contributed by atoms with Crippen molar-refractivity contribution in [1.29, 1.82) is 0 Å². The lowest BCUT2D eigenvalue weighted by molar-refractivity contribution is 0.0981. The van der Waals surface area contributed by atoms with Crippen LogP contribution in [0.4, 0.5) is 18.9 Å². The number of halogens is 3. The molecular formula is C12H10F3N3OS. The van der Waals surface area contributed by atoms with E-state index in [1.165, 1.54) is 25.2 Å². The van der Waals surface area contributed by atoms with E-state index in [2.05, 4.69) is 9.59 Å². The molecular weight excluding hydrogens is 291 g/mol. The van der Waals surface area contributed by atoms with Crippen LogP contribution in [0.25, 0.3) is 0 Å². The van der Waals surface area contributed by atoms with Crippen LogP contribution in [0.2, 0.25) is 0 Å². The van der Waals surface area contributed by atoms with Gasteiger partial charge in [-0.05, 0) is 36.2 Å². The van der Waals surface area contributed by atoms with Gasteiger partial charge in [0, 0.05) is 12.7 Å². The summed E-state index contributed by atoms with van der Waals surface area (Å²) in [5.74, 6) is -1.20. The minimum atomic E-state index is -2.88. The highest BCUT2D eigenvalue weighted by Gasteiger charge is 2.26. The number of nitrogens with zero attached hydrogens (tertiary/aromatic N) is 3. The first-order valence-electron chi connectivity index (χ1n) is 5.56. The Hall–Kier alpha value is -1.96. The molecule has 0 bridgehead atoms. The molecule has 0 spiro atoms. The van der Waals surface area contributed by atoms with E-state index in [4.69, 9.17) is 0 Å². The van der Waals surface area contributed by atoms with E-state index in [9.17, 15) is 18.0 Å². The van der Waals surface area contributed by atoms with Crippen molar-refractivity contribution in [1.82, 2.24) is 9.59 Å². The van der Waals surface area contributed by atoms with Crippen LogP contribution in [0.15, 0.2) is 18.2 Å². The Morgan fingerprint density at radius 3 is 2.75 bits per heavy atom. The van der Waals surface area contributed by atoms with E-state index in [-0.39, 0.29) is 4.88 Å². The predicted octanol–water partition coefficient (Wildman–Crippen LogP) is 3.20. The number of rotatable bonds is 3. The molecule has 2 aromatic rings. The van der Waals surface area contributed by atoms with Gasteiger partial charge in [-0.15, -0.1) is 5.10 Å². The topological polar surface area (TPSA) is 46.1 Å². The minimum absolute atomic E-state index is 0.244. The normalized spacial score (nSPS) is 10.9. The average Bonchev–Trinajstić information content (AvgIpc) is 2.89. The first kappa shape index (κ1) is 14.4. The van der Waals surface area contributed by atoms with Crippen LogP contribution in [0, 0.1) is 12.7 Å². The zero-order valence-corrected chi connectivity index (χ0v) is 11.4. The van der Waals surface area contributed by atoms with Crippen LogP contribution in [-0.2, 0) is 0 Å². The third-order valence-electron chi connectivity index (χ3n) is 2.75. The summed E-state index contributed by atoms with van der Waals surface area (Å²) < 4.78 is 42.0. The minimum Gasteiger partial charge on any atom is -0.310 e. The van der Waals surface area contributed by atoms with E-state index in [1.807, 2.05) is 0 Å². The van der Waals surface area contributed by atoms with Crippen molar-refractivity contribution in [3.8, 4) is 0 Å². The third-order valence-corrected chi connectivity index (χ3v) is 3.48. The molecule has 20 heavy (non-hydrogen) atoms. The highest BCUT2D eigenvalue weighted by molar-refractivity contribution is 7.08. The van der Waals surface area contributed by atoms with Gasteiger partial charge in [-0.25, -0.2) is 13.2 Å². The van der Waals surface area contributed by atoms with Crippen LogP contribution in [0.1, 0.15) is 27.4 Å². The number of benzene rings is 1. The fraction of sp³-hybridized carbons (Fsp3) is 0.250. The summed E-state index contributed by atoms with van der Waals surface area (Å²) in [5, 5.41) is 3.25. The molecule has 1 amide bonds. The number of anilines is 1. The van der Waals surface area contributed by atoms with Crippen LogP contribution in [0.3, 0.4) is 0 Å². The molecule has 0 aliphatic heterocycles. The largest absolute Gasteiger partial charge is 0.310 e. The number of alkyl halides is 2. The highest BCUT2D eigenvalue weighted by atomic mass is 32.1. The van der Waals surface area contributed by atoms with Gasteiger partial charge in [0.1, 0.15) is 10.7 Å². The monoisotopic (exact) mass is 301 g/mol. The van der Waals surface area contributed by atoms with Crippen LogP contribution >= 0.6 is 11.5 Å². The van der Waals surface area contributed by atoms with Crippen molar-refractivity contribution in [3.05, 3.63) is 40.2 Å². The number of amides is 1. The summed E-state index contributed by atoms with van der Waals surface area (Å²) in [7, 11) is 1.39. The zero-order chi connectivity index (χ0) is 14.9. The Kier molecular flexibility index (Phi) is 4.03. The average molecular weight is 301 g/mol. The van der Waals surface area contributed by atoms with Crippen molar-refractivity contribution >= 4 is 23.1 Å². The number of hydrogen-bond acceptors (Lipinski definition) is 4. The molecule has 0 saturated carbocycles. The Balaban J connectivity index is 2.37. The van der Waals surface area contributed by atoms with E-state index < -0.39 is 23.8 Å². The van der Waals surface area contributed by atoms with E-state index in [1.54, 1.807) is 6.92 Å². The molecule has 2 rings (SSSR count). The molecule has 0 saturated heterocycles. The van der Waals surface area contributed by atoms with Crippen LogP contribution in [0.5, 0.6) is 0 Å². The lowest BCUT2D eigenvalue weighted by atomic mass is 10.1. The molecule has 8 heteroatoms. The lowest BCUT2D eigenvalue weighted by Gasteiger charge is -2.19. The van der Waals surface area contributed by atoms with Gasteiger partial charge in [0.25, 0.3) is 12.3 Å². The van der Waals surface area contributed by atoms with Gasteiger partial charge in [0.05, 0.1) is 0 Å². The van der Waals surface area contributed by atoms with Gasteiger partial charge >= 0.3 is 0 Å². The first-order valence-corrected chi connectivity index (χ1v) is 6.33. The number of carbonyl (C=O) groups is 1. The Labute approximate surface area is 117 Å². The molecule has 1 aromatic heterocycles. The molecule has 1 heterocycles. The highest BCUT2D eigenvalue weighted by Crippen LogP contribution is 2.27. The second-order valence-electron chi connectivity index (χ2n) is 4.08. The molecule has 1 aromatic carbocycles. The van der Waals surface area contributed by atoms with Crippen molar-refractivity contribution in [2.75, 3.05) is 11.9 Å². The fourth-order valence-electron chi connectivity index (χ4n) is 1.69. The molecule has 0 aliphatic carbocycles. The van der Waals surface area contributed by atoms with Crippen molar-refractivity contribution in [2.24, 2.45) is 0 Å². The molecule has 106 valence electrons. The van der Waals surface area contributed by atoms with Gasteiger partial charge in [-0.2, -0.15) is 0 Å². The molecule has 0 unspecified atom stereocenters. The smallest absolute Gasteiger partial charge is 0.283 e. The summed E-state index contributed by atoms with van der Waals surface area (Å²) >= 11 is 0.593. The SMILES string of the molecule is Cc1ccc(F)cc1N(C)C(=O)c1snnc1C(F)F. The summed E-state index contributed by atoms with van der Waals surface area (Å²) in [6, 6.07) is 3.94. The third kappa shape index (κ3) is 2.64. The Morgan fingerprint density at radius 2 is 2.10 bits per heavy atom. The molecule has 0 radical (unpaired) electrons. The van der Waals surface area contributed by atoms with Crippen LogP contribution < -0.4 is 4.90 Å². The maximum atomic E-state index is 13.2. The molecule has 0 N–H and O–H groups in total. The first-order chi connectivity index (χ1) is 9.41. The quantitative estimate of drug-likeness (QED) is 0.874. The maximum Gasteiger partial charge on any atom is 0.283 e. The Bertz CT molecular complexity index is 645. The van der Waals surface area contributed by atoms with E-state index >= 15 is 0 Å². The second-order valence-corrected chi connectivity index (χ2v) is 4.84. The molecule has 0 fully saturated rings. The van der Waals surface area contributed by atoms with E-state index in [0.717, 1.165) is 4.90 Å². The maximum absolute atomic E-state index is 13.2. The number of aromatic nitrogens is 2. The summed E-state index contributed by atoms with van der Waals surface area (Å²) in [5.41, 5.74) is 0.308. The zero-order valence-electron chi connectivity index (χ0n) is 10.6. The summed E-state index contributed by atoms with van der Waals surface area (Å²) in [4.78, 5) is 13.1. The van der Waals surface area contributed by atoms with Crippen molar-refractivity contribution < 1.29 is 18.0 Å². The second kappa shape index (κ2) is 5.58. The van der Waals surface area contributed by atoms with Gasteiger partial charge < -0.3 is 4.90 Å². The number of aryl methyl sites for hydroxylation is 1. The molecule has 0 aliphatic rings. The van der Waals surface area contributed by atoms with Gasteiger partial charge in [-0.3, -0.25) is 4.79 Å². The summed E-state index contributed by atoms with van der Waals surface area (Å²) in [6.45, 7) is 1.69. The number of carbonyl (C=O) groups excluding carboxylic acids is 1. The van der Waals surface area contributed by atoms with Crippen molar-refractivity contribution in [3.63, 3.8) is 0 Å². The number of hydrogen-bond donors (Lipinski definition) is 0. The van der Waals surface area contributed by atoms with Gasteiger partial charge in [0.2, 0.25) is 0 Å². The van der Waals surface area contributed by atoms with Gasteiger partial charge in [0.15, 0.2) is 5.69 Å². The molecule has 0 atom stereocenters. The van der Waals surface area contributed by atoms with E-state index in [0.29, 0.717) is 22.8 Å². The summed E-state index contributed by atoms with van der Waals surface area (Å²) in [6.07, 6.45) is -2.88. The van der Waals surface area contributed by atoms with Gasteiger partial charge in [-0.1, -0.05) is 10.6 Å². The predicted molar refractivity (Wildman–Crippen MR) is 68.7 cm³/mol. The van der Waals surface area contributed by atoms with Crippen molar-refractivity contribution in [2.45, 2.75) is 13.3 Å². The lowest BCUT2D eigenvalue weighted by Crippen LogP contribution is -2.27.